The van der Waals surface area contributed by atoms with Gasteiger partial charge in [-0.15, -0.1) is 0 Å². The molecule has 0 radical (unpaired) electrons. The van der Waals surface area contributed by atoms with Crippen LogP contribution in [-0.2, 0) is 4.57 Å². The van der Waals surface area contributed by atoms with Crippen molar-refractivity contribution in [1.29, 1.82) is 0 Å². The Morgan fingerprint density at radius 2 is 1.00 bits per heavy atom. The lowest BCUT2D eigenvalue weighted by Gasteiger charge is -2.23. The predicted octanol–water partition coefficient (Wildman–Crippen LogP) is 7.72. The molecule has 0 amide bonds. The van der Waals surface area contributed by atoms with Crippen molar-refractivity contribution in [1.82, 2.24) is 0 Å². The van der Waals surface area contributed by atoms with Crippen molar-refractivity contribution >= 4 is 18.6 Å². The van der Waals surface area contributed by atoms with Gasteiger partial charge in [0.1, 0.15) is 17.2 Å². The van der Waals surface area contributed by atoms with Crippen molar-refractivity contribution in [2.45, 2.75) is 27.7 Å². The third kappa shape index (κ3) is 4.45. The van der Waals surface area contributed by atoms with Crippen molar-refractivity contribution in [2.75, 3.05) is 0 Å². The van der Waals surface area contributed by atoms with Gasteiger partial charge in [-0.3, -0.25) is 0 Å². The Hall–Kier alpha value is -3.23. The Balaban J connectivity index is 1.81. The fraction of sp³-hybridized carbons (Fsp3) is 0.154. The largest absolute Gasteiger partial charge is 0.647 e. The van der Waals surface area contributed by atoms with E-state index in [2.05, 4.69) is 0 Å². The van der Waals surface area contributed by atoms with Crippen molar-refractivity contribution in [2.24, 2.45) is 0 Å². The number of hydrogen-bond donors (Lipinski definition) is 0. The molecule has 0 aliphatic carbocycles. The van der Waals surface area contributed by atoms with Gasteiger partial charge in [-0.1, -0.05) is 72.8 Å². The molecular formula is C26H25O4P. The van der Waals surface area contributed by atoms with E-state index in [1.165, 1.54) is 0 Å². The van der Waals surface area contributed by atoms with Crippen LogP contribution in [0.4, 0.5) is 0 Å². The number of aryl methyl sites for hydroxylation is 4. The summed E-state index contributed by atoms with van der Waals surface area (Å²) < 4.78 is 32.2. The van der Waals surface area contributed by atoms with E-state index in [4.69, 9.17) is 13.6 Å². The quantitative estimate of drug-likeness (QED) is 0.293. The van der Waals surface area contributed by atoms with Crippen molar-refractivity contribution in [3.05, 3.63) is 101 Å². The molecule has 5 heteroatoms. The molecule has 4 aromatic carbocycles. The highest BCUT2D eigenvalue weighted by Crippen LogP contribution is 2.53. The molecule has 0 spiro atoms. The second-order valence-electron chi connectivity index (χ2n) is 7.64. The molecule has 4 aromatic rings. The number of para-hydroxylation sites is 2. The molecule has 0 aliphatic heterocycles. The zero-order valence-corrected chi connectivity index (χ0v) is 19.0. The summed E-state index contributed by atoms with van der Waals surface area (Å²) in [5, 5.41) is 1.81. The van der Waals surface area contributed by atoms with Gasteiger partial charge in [0.25, 0.3) is 0 Å². The van der Waals surface area contributed by atoms with Crippen LogP contribution in [0.1, 0.15) is 22.3 Å². The molecule has 0 fully saturated rings. The van der Waals surface area contributed by atoms with Gasteiger partial charge in [-0.25, -0.2) is 0 Å². The van der Waals surface area contributed by atoms with Gasteiger partial charge in [0.2, 0.25) is 0 Å². The van der Waals surface area contributed by atoms with E-state index >= 15 is 0 Å². The van der Waals surface area contributed by atoms with Gasteiger partial charge in [0, 0.05) is 5.39 Å². The number of phosphoric acid groups is 1. The standard InChI is InChI=1S/C26H25O4P/c1-18-10-7-11-19(2)25(18)29-31(27,30-26-20(3)12-8-13-21(26)4)28-24-17-9-15-22-14-5-6-16-23(22)24/h5-17H,1-4H3. The van der Waals surface area contributed by atoms with E-state index < -0.39 is 7.82 Å². The smallest absolute Gasteiger partial charge is 0.385 e. The summed E-state index contributed by atoms with van der Waals surface area (Å²) in [5.41, 5.74) is 3.41. The van der Waals surface area contributed by atoms with Crippen LogP contribution in [-0.4, -0.2) is 0 Å². The van der Waals surface area contributed by atoms with Crippen LogP contribution in [0.15, 0.2) is 78.9 Å². The molecule has 0 aliphatic rings. The van der Waals surface area contributed by atoms with Gasteiger partial charge in [-0.05, 0) is 61.4 Å². The van der Waals surface area contributed by atoms with Crippen molar-refractivity contribution in [3.63, 3.8) is 0 Å². The molecule has 158 valence electrons. The van der Waals surface area contributed by atoms with Crippen LogP contribution < -0.4 is 13.6 Å². The predicted molar refractivity (Wildman–Crippen MR) is 125 cm³/mol. The first-order valence-electron chi connectivity index (χ1n) is 10.2. The van der Waals surface area contributed by atoms with Gasteiger partial charge in [0.15, 0.2) is 0 Å². The maximum absolute atomic E-state index is 14.1. The average molecular weight is 432 g/mol. The molecule has 0 saturated heterocycles. The second-order valence-corrected chi connectivity index (χ2v) is 9.08. The molecule has 4 nitrogen and oxygen atoms in total. The number of phosphoric ester groups is 1. The second kappa shape index (κ2) is 8.49. The lowest BCUT2D eigenvalue weighted by atomic mass is 10.1. The number of fused-ring (bicyclic) bond motifs is 1. The topological polar surface area (TPSA) is 44.8 Å². The molecule has 0 unspecified atom stereocenters. The summed E-state index contributed by atoms with van der Waals surface area (Å²) in [4.78, 5) is 0. The van der Waals surface area contributed by atoms with E-state index in [9.17, 15) is 4.57 Å². The first-order valence-corrected chi connectivity index (χ1v) is 11.6. The van der Waals surface area contributed by atoms with Crippen LogP contribution in [0, 0.1) is 27.7 Å². The fourth-order valence-corrected chi connectivity index (χ4v) is 5.10. The van der Waals surface area contributed by atoms with Crippen molar-refractivity contribution in [3.8, 4) is 17.2 Å². The highest BCUT2D eigenvalue weighted by atomic mass is 31.2. The zero-order valence-electron chi connectivity index (χ0n) is 18.1. The third-order valence-corrected chi connectivity index (χ3v) is 6.42. The summed E-state index contributed by atoms with van der Waals surface area (Å²) in [6, 6.07) is 24.9. The zero-order chi connectivity index (χ0) is 22.0. The normalized spacial score (nSPS) is 11.4. The molecule has 31 heavy (non-hydrogen) atoms. The maximum Gasteiger partial charge on any atom is 0.647 e. The highest BCUT2D eigenvalue weighted by molar-refractivity contribution is 7.49. The first-order chi connectivity index (χ1) is 14.9. The summed E-state index contributed by atoms with van der Waals surface area (Å²) in [6.45, 7) is 7.63. The van der Waals surface area contributed by atoms with Crippen LogP contribution in [0.25, 0.3) is 10.8 Å². The molecule has 0 heterocycles. The lowest BCUT2D eigenvalue weighted by molar-refractivity contribution is 0.297. The summed E-state index contributed by atoms with van der Waals surface area (Å²) in [7, 11) is -4.10. The Morgan fingerprint density at radius 3 is 1.55 bits per heavy atom. The number of hydrogen-bond acceptors (Lipinski definition) is 4. The van der Waals surface area contributed by atoms with E-state index in [0.29, 0.717) is 17.2 Å². The molecule has 0 aromatic heterocycles. The van der Waals surface area contributed by atoms with Crippen LogP contribution in [0.3, 0.4) is 0 Å². The Kier molecular flexibility index (Phi) is 5.75. The molecule has 0 N–H and O–H groups in total. The Bertz CT molecular complexity index is 1190. The monoisotopic (exact) mass is 432 g/mol. The Morgan fingerprint density at radius 1 is 0.548 bits per heavy atom. The van der Waals surface area contributed by atoms with Gasteiger partial charge in [0.05, 0.1) is 0 Å². The van der Waals surface area contributed by atoms with E-state index in [-0.39, 0.29) is 0 Å². The maximum atomic E-state index is 14.1. The Labute approximate surface area is 183 Å². The van der Waals surface area contributed by atoms with Crippen molar-refractivity contribution < 1.29 is 18.1 Å². The van der Waals surface area contributed by atoms with Crippen LogP contribution >= 0.6 is 7.82 Å². The summed E-state index contributed by atoms with van der Waals surface area (Å²) >= 11 is 0. The van der Waals surface area contributed by atoms with E-state index in [1.54, 1.807) is 6.07 Å². The third-order valence-electron chi connectivity index (χ3n) is 5.18. The molecule has 0 saturated carbocycles. The van der Waals surface area contributed by atoms with Gasteiger partial charge in [-0.2, -0.15) is 4.57 Å². The molecular weight excluding hydrogens is 407 g/mol. The minimum atomic E-state index is -4.10. The minimum Gasteiger partial charge on any atom is -0.385 e. The van der Waals surface area contributed by atoms with Crippen LogP contribution in [0.5, 0.6) is 17.2 Å². The summed E-state index contributed by atoms with van der Waals surface area (Å²) in [6.07, 6.45) is 0. The molecule has 0 atom stereocenters. The van der Waals surface area contributed by atoms with Gasteiger partial charge >= 0.3 is 7.82 Å². The lowest BCUT2D eigenvalue weighted by Crippen LogP contribution is -2.10. The van der Waals surface area contributed by atoms with E-state index in [1.807, 2.05) is 100 Å². The van der Waals surface area contributed by atoms with E-state index in [0.717, 1.165) is 33.0 Å². The first kappa shape index (κ1) is 21.0. The minimum absolute atomic E-state index is 0.443. The summed E-state index contributed by atoms with van der Waals surface area (Å²) in [5.74, 6) is 1.44. The van der Waals surface area contributed by atoms with Gasteiger partial charge < -0.3 is 13.6 Å². The molecule has 4 rings (SSSR count). The van der Waals surface area contributed by atoms with Crippen LogP contribution in [0.2, 0.25) is 0 Å². The SMILES string of the molecule is Cc1cccc(C)c1OP(=O)(Oc1c(C)cccc1C)Oc1cccc2ccccc12. The number of rotatable bonds is 6. The fourth-order valence-electron chi connectivity index (χ4n) is 3.56. The molecule has 0 bridgehead atoms. The number of benzene rings is 4. The highest BCUT2D eigenvalue weighted by Gasteiger charge is 2.35. The average Bonchev–Trinajstić information content (AvgIpc) is 2.74.